The Kier molecular flexibility index (Phi) is 5.57. The molecule has 0 saturated heterocycles. The highest BCUT2D eigenvalue weighted by Gasteiger charge is 2.15. The lowest BCUT2D eigenvalue weighted by Crippen LogP contribution is -2.22. The Morgan fingerprint density at radius 1 is 1.38 bits per heavy atom. The number of aliphatic hydroxyl groups is 1. The van der Waals surface area contributed by atoms with Gasteiger partial charge in [-0.25, -0.2) is 4.79 Å². The smallest absolute Gasteiger partial charge is 0.335 e. The number of rotatable bonds is 6. The van der Waals surface area contributed by atoms with Crippen LogP contribution in [0.2, 0.25) is 0 Å². The molecule has 0 aliphatic rings. The SMILES string of the molecule is CCCC[C@@H](O)C(=O)OCc1ccccc1. The lowest BCUT2D eigenvalue weighted by Gasteiger charge is -2.09. The minimum atomic E-state index is -0.983. The Hall–Kier alpha value is -1.35. The molecular weight excluding hydrogens is 204 g/mol. The van der Waals surface area contributed by atoms with E-state index in [2.05, 4.69) is 0 Å². The van der Waals surface area contributed by atoms with Crippen LogP contribution in [-0.2, 0) is 16.1 Å². The standard InChI is InChI=1S/C13H18O3/c1-2-3-9-12(14)13(15)16-10-11-7-5-4-6-8-11/h4-8,12,14H,2-3,9-10H2,1H3/t12-/m1/s1. The average Bonchev–Trinajstić information content (AvgIpc) is 2.34. The summed E-state index contributed by atoms with van der Waals surface area (Å²) in [5.41, 5.74) is 0.929. The van der Waals surface area contributed by atoms with E-state index in [1.54, 1.807) is 0 Å². The zero-order chi connectivity index (χ0) is 11.8. The van der Waals surface area contributed by atoms with Gasteiger partial charge in [0.15, 0.2) is 6.10 Å². The van der Waals surface area contributed by atoms with Crippen LogP contribution in [-0.4, -0.2) is 17.2 Å². The summed E-state index contributed by atoms with van der Waals surface area (Å²) in [5.74, 6) is -0.530. The molecule has 0 aromatic heterocycles. The molecule has 0 spiro atoms. The van der Waals surface area contributed by atoms with Crippen molar-refractivity contribution in [2.45, 2.75) is 38.9 Å². The van der Waals surface area contributed by atoms with E-state index >= 15 is 0 Å². The first-order valence-corrected chi connectivity index (χ1v) is 5.62. The molecule has 16 heavy (non-hydrogen) atoms. The molecule has 0 bridgehead atoms. The highest BCUT2D eigenvalue weighted by molar-refractivity contribution is 5.74. The predicted octanol–water partition coefficient (Wildman–Crippen LogP) is 2.28. The van der Waals surface area contributed by atoms with Gasteiger partial charge in [0.05, 0.1) is 0 Å². The molecule has 1 N–H and O–H groups in total. The summed E-state index contributed by atoms with van der Waals surface area (Å²) in [5, 5.41) is 9.45. The van der Waals surface area contributed by atoms with Crippen molar-refractivity contribution < 1.29 is 14.6 Å². The molecule has 1 aromatic rings. The van der Waals surface area contributed by atoms with Gasteiger partial charge in [-0.3, -0.25) is 0 Å². The minimum Gasteiger partial charge on any atom is -0.459 e. The van der Waals surface area contributed by atoms with Gasteiger partial charge in [-0.15, -0.1) is 0 Å². The third-order valence-corrected chi connectivity index (χ3v) is 2.33. The monoisotopic (exact) mass is 222 g/mol. The van der Waals surface area contributed by atoms with E-state index in [1.807, 2.05) is 37.3 Å². The van der Waals surface area contributed by atoms with Gasteiger partial charge in [-0.1, -0.05) is 50.1 Å². The van der Waals surface area contributed by atoms with Gasteiger partial charge in [0, 0.05) is 0 Å². The molecular formula is C13H18O3. The third-order valence-electron chi connectivity index (χ3n) is 2.33. The number of benzene rings is 1. The molecule has 1 rings (SSSR count). The third kappa shape index (κ3) is 4.45. The Bertz CT molecular complexity index is 308. The lowest BCUT2D eigenvalue weighted by molar-refractivity contribution is -0.155. The van der Waals surface area contributed by atoms with Crippen LogP contribution in [0.5, 0.6) is 0 Å². The topological polar surface area (TPSA) is 46.5 Å². The minimum absolute atomic E-state index is 0.225. The zero-order valence-electron chi connectivity index (χ0n) is 9.56. The fraction of sp³-hybridized carbons (Fsp3) is 0.462. The van der Waals surface area contributed by atoms with E-state index in [0.29, 0.717) is 6.42 Å². The average molecular weight is 222 g/mol. The van der Waals surface area contributed by atoms with Crippen LogP contribution in [0.3, 0.4) is 0 Å². The summed E-state index contributed by atoms with van der Waals surface area (Å²) in [4.78, 5) is 11.3. The zero-order valence-corrected chi connectivity index (χ0v) is 9.56. The maximum atomic E-state index is 11.3. The van der Waals surface area contributed by atoms with Gasteiger partial charge in [-0.05, 0) is 12.0 Å². The van der Waals surface area contributed by atoms with Gasteiger partial charge >= 0.3 is 5.97 Å². The van der Waals surface area contributed by atoms with E-state index in [-0.39, 0.29) is 6.61 Å². The molecule has 0 amide bonds. The summed E-state index contributed by atoms with van der Waals surface area (Å²) in [6.45, 7) is 2.24. The van der Waals surface area contributed by atoms with Crippen LogP contribution in [0.4, 0.5) is 0 Å². The van der Waals surface area contributed by atoms with Crippen molar-refractivity contribution in [2.24, 2.45) is 0 Å². The van der Waals surface area contributed by atoms with E-state index in [4.69, 9.17) is 4.74 Å². The van der Waals surface area contributed by atoms with E-state index < -0.39 is 12.1 Å². The van der Waals surface area contributed by atoms with Gasteiger partial charge < -0.3 is 9.84 Å². The van der Waals surface area contributed by atoms with Crippen molar-refractivity contribution >= 4 is 5.97 Å². The van der Waals surface area contributed by atoms with Gasteiger partial charge in [-0.2, -0.15) is 0 Å². The summed E-state index contributed by atoms with van der Waals surface area (Å²) in [6.07, 6.45) is 1.29. The van der Waals surface area contributed by atoms with E-state index in [0.717, 1.165) is 18.4 Å². The van der Waals surface area contributed by atoms with Gasteiger partial charge in [0.2, 0.25) is 0 Å². The first kappa shape index (κ1) is 12.7. The molecule has 0 saturated carbocycles. The van der Waals surface area contributed by atoms with Crippen LogP contribution < -0.4 is 0 Å². The molecule has 0 fully saturated rings. The second kappa shape index (κ2) is 7.01. The number of esters is 1. The maximum absolute atomic E-state index is 11.3. The normalized spacial score (nSPS) is 12.1. The molecule has 0 aliphatic heterocycles. The Balaban J connectivity index is 2.29. The van der Waals surface area contributed by atoms with Crippen LogP contribution in [0, 0.1) is 0 Å². The largest absolute Gasteiger partial charge is 0.459 e. The van der Waals surface area contributed by atoms with Crippen molar-refractivity contribution in [2.75, 3.05) is 0 Å². The quantitative estimate of drug-likeness (QED) is 0.751. The Morgan fingerprint density at radius 2 is 2.06 bits per heavy atom. The van der Waals surface area contributed by atoms with Crippen molar-refractivity contribution in [3.05, 3.63) is 35.9 Å². The number of carbonyl (C=O) groups is 1. The summed E-state index contributed by atoms with van der Waals surface area (Å²) in [6, 6.07) is 9.44. The van der Waals surface area contributed by atoms with Gasteiger partial charge in [0.1, 0.15) is 6.61 Å². The molecule has 0 unspecified atom stereocenters. The first-order chi connectivity index (χ1) is 7.74. The highest BCUT2D eigenvalue weighted by atomic mass is 16.5. The fourth-order valence-electron chi connectivity index (χ4n) is 1.34. The molecule has 0 aliphatic carbocycles. The number of aliphatic hydroxyl groups excluding tert-OH is 1. The van der Waals surface area contributed by atoms with Crippen molar-refractivity contribution in [1.29, 1.82) is 0 Å². The lowest BCUT2D eigenvalue weighted by atomic mass is 10.2. The van der Waals surface area contributed by atoms with Crippen molar-refractivity contribution in [3.8, 4) is 0 Å². The van der Waals surface area contributed by atoms with Crippen LogP contribution in [0.15, 0.2) is 30.3 Å². The number of hydrogen-bond donors (Lipinski definition) is 1. The fourth-order valence-corrected chi connectivity index (χ4v) is 1.34. The molecule has 1 aromatic carbocycles. The van der Waals surface area contributed by atoms with Crippen LogP contribution in [0.25, 0.3) is 0 Å². The predicted molar refractivity (Wildman–Crippen MR) is 61.8 cm³/mol. The second-order valence-electron chi connectivity index (χ2n) is 3.75. The number of carbonyl (C=O) groups excluding carboxylic acids is 1. The second-order valence-corrected chi connectivity index (χ2v) is 3.75. The van der Waals surface area contributed by atoms with E-state index in [1.165, 1.54) is 0 Å². The van der Waals surface area contributed by atoms with Crippen molar-refractivity contribution in [3.63, 3.8) is 0 Å². The molecule has 1 atom stereocenters. The van der Waals surface area contributed by atoms with Crippen molar-refractivity contribution in [1.82, 2.24) is 0 Å². The molecule has 0 radical (unpaired) electrons. The summed E-state index contributed by atoms with van der Waals surface area (Å²) >= 11 is 0. The van der Waals surface area contributed by atoms with Crippen LogP contribution in [0.1, 0.15) is 31.7 Å². The van der Waals surface area contributed by atoms with Crippen LogP contribution >= 0.6 is 0 Å². The highest BCUT2D eigenvalue weighted by Crippen LogP contribution is 2.05. The first-order valence-electron chi connectivity index (χ1n) is 5.62. The molecule has 0 heterocycles. The number of unbranched alkanes of at least 4 members (excludes halogenated alkanes) is 1. The number of ether oxygens (including phenoxy) is 1. The summed E-state index contributed by atoms with van der Waals surface area (Å²) < 4.78 is 5.00. The Labute approximate surface area is 96.1 Å². The molecule has 88 valence electrons. The molecule has 3 nitrogen and oxygen atoms in total. The number of hydrogen-bond acceptors (Lipinski definition) is 3. The van der Waals surface area contributed by atoms with E-state index in [9.17, 15) is 9.90 Å². The summed E-state index contributed by atoms with van der Waals surface area (Å²) in [7, 11) is 0. The Morgan fingerprint density at radius 3 is 2.69 bits per heavy atom. The molecule has 3 heteroatoms. The maximum Gasteiger partial charge on any atom is 0.335 e. The van der Waals surface area contributed by atoms with Gasteiger partial charge in [0.25, 0.3) is 0 Å².